The van der Waals surface area contributed by atoms with Gasteiger partial charge in [0, 0.05) is 18.2 Å². The van der Waals surface area contributed by atoms with E-state index in [0.717, 1.165) is 6.42 Å². The Morgan fingerprint density at radius 1 is 1.35 bits per heavy atom. The van der Waals surface area contributed by atoms with Crippen molar-refractivity contribution in [2.24, 2.45) is 0 Å². The van der Waals surface area contributed by atoms with Gasteiger partial charge >= 0.3 is 5.97 Å². The van der Waals surface area contributed by atoms with Crippen LogP contribution in [0.2, 0.25) is 0 Å². The Kier molecular flexibility index (Phi) is 7.70. The Morgan fingerprint density at radius 2 is 1.94 bits per heavy atom. The molecule has 0 aromatic carbocycles. The molecule has 0 spiro atoms. The highest BCUT2D eigenvalue weighted by atomic mass is 33.1. The van der Waals surface area contributed by atoms with Gasteiger partial charge in [0.25, 0.3) is 0 Å². The van der Waals surface area contributed by atoms with Crippen LogP contribution in [0.1, 0.15) is 26.7 Å². The van der Waals surface area contributed by atoms with Crippen molar-refractivity contribution in [3.05, 3.63) is 0 Å². The number of amides is 1. The van der Waals surface area contributed by atoms with Gasteiger partial charge in [0.2, 0.25) is 5.91 Å². The first-order valence-corrected chi connectivity index (χ1v) is 7.91. The van der Waals surface area contributed by atoms with Crippen molar-refractivity contribution in [1.82, 2.24) is 4.90 Å². The van der Waals surface area contributed by atoms with Gasteiger partial charge < -0.3 is 9.64 Å². The van der Waals surface area contributed by atoms with Crippen LogP contribution in [0.15, 0.2) is 0 Å². The number of rotatable bonds is 7. The van der Waals surface area contributed by atoms with Crippen LogP contribution in [0.5, 0.6) is 0 Å². The second kappa shape index (κ2) is 7.87. The zero-order chi connectivity index (χ0) is 13.5. The summed E-state index contributed by atoms with van der Waals surface area (Å²) in [5.74, 6) is -0.413. The smallest absolute Gasteiger partial charge is 0.325 e. The van der Waals surface area contributed by atoms with Crippen molar-refractivity contribution >= 4 is 33.5 Å². The summed E-state index contributed by atoms with van der Waals surface area (Å²) in [7, 11) is 6.40. The van der Waals surface area contributed by atoms with Crippen molar-refractivity contribution in [3.63, 3.8) is 0 Å². The molecule has 4 nitrogen and oxygen atoms in total. The lowest BCUT2D eigenvalue weighted by molar-refractivity contribution is -0.146. The van der Waals surface area contributed by atoms with Gasteiger partial charge in [0.15, 0.2) is 0 Å². The number of nitrogens with zero attached hydrogens (tertiary/aromatic N) is 1. The van der Waals surface area contributed by atoms with E-state index in [0.29, 0.717) is 6.42 Å². The zero-order valence-electron chi connectivity index (χ0n) is 11.1. The molecule has 1 amide bonds. The van der Waals surface area contributed by atoms with Gasteiger partial charge in [0.1, 0.15) is 6.54 Å². The first-order valence-electron chi connectivity index (χ1n) is 5.35. The molecule has 0 saturated heterocycles. The first-order chi connectivity index (χ1) is 7.82. The third kappa shape index (κ3) is 7.54. The molecule has 0 saturated carbocycles. The van der Waals surface area contributed by atoms with Crippen molar-refractivity contribution in [3.8, 4) is 0 Å². The molecular weight excluding hydrogens is 258 g/mol. The van der Waals surface area contributed by atoms with Crippen LogP contribution in [-0.2, 0) is 14.3 Å². The number of esters is 1. The van der Waals surface area contributed by atoms with Crippen molar-refractivity contribution in [2.75, 3.05) is 27.0 Å². The Balaban J connectivity index is 4.05. The summed E-state index contributed by atoms with van der Waals surface area (Å²) in [4.78, 5) is 24.2. The van der Waals surface area contributed by atoms with Gasteiger partial charge in [-0.3, -0.25) is 9.59 Å². The van der Waals surface area contributed by atoms with Gasteiger partial charge in [0.05, 0.1) is 7.11 Å². The summed E-state index contributed by atoms with van der Waals surface area (Å²) in [5, 5.41) is 0. The second-order valence-corrected chi connectivity index (χ2v) is 7.44. The molecule has 6 heteroatoms. The molecule has 0 atom stereocenters. The molecule has 0 rings (SSSR count). The van der Waals surface area contributed by atoms with E-state index in [1.54, 1.807) is 28.6 Å². The van der Waals surface area contributed by atoms with Crippen molar-refractivity contribution < 1.29 is 14.3 Å². The molecule has 0 aliphatic rings. The number of hydrogen-bond donors (Lipinski definition) is 0. The number of carbonyl (C=O) groups excluding carboxylic acids is 2. The van der Waals surface area contributed by atoms with E-state index in [-0.39, 0.29) is 17.2 Å². The average molecular weight is 279 g/mol. The van der Waals surface area contributed by atoms with Crippen LogP contribution in [0.3, 0.4) is 0 Å². The molecule has 0 aliphatic heterocycles. The van der Waals surface area contributed by atoms with Crippen LogP contribution < -0.4 is 0 Å². The third-order valence-electron chi connectivity index (χ3n) is 2.27. The van der Waals surface area contributed by atoms with E-state index in [1.165, 1.54) is 12.0 Å². The van der Waals surface area contributed by atoms with Gasteiger partial charge in [-0.25, -0.2) is 0 Å². The quantitative estimate of drug-likeness (QED) is 0.528. The molecule has 0 aliphatic carbocycles. The van der Waals surface area contributed by atoms with Gasteiger partial charge in [-0.15, -0.1) is 0 Å². The molecule has 0 unspecified atom stereocenters. The van der Waals surface area contributed by atoms with Crippen LogP contribution in [0.25, 0.3) is 0 Å². The topological polar surface area (TPSA) is 46.6 Å². The van der Waals surface area contributed by atoms with Gasteiger partial charge in [-0.2, -0.15) is 0 Å². The molecule has 17 heavy (non-hydrogen) atoms. The maximum absolute atomic E-state index is 11.7. The molecule has 0 N–H and O–H groups in total. The molecular formula is C11H21NO3S2. The summed E-state index contributed by atoms with van der Waals surface area (Å²) in [6.07, 6.45) is 3.27. The molecule has 0 fully saturated rings. The van der Waals surface area contributed by atoms with Gasteiger partial charge in [-0.05, 0) is 26.5 Å². The summed E-state index contributed by atoms with van der Waals surface area (Å²) >= 11 is 0. The van der Waals surface area contributed by atoms with E-state index in [9.17, 15) is 9.59 Å². The van der Waals surface area contributed by atoms with Gasteiger partial charge in [-0.1, -0.05) is 21.6 Å². The lowest BCUT2D eigenvalue weighted by atomic mass is 10.1. The van der Waals surface area contributed by atoms with Crippen LogP contribution in [0.4, 0.5) is 0 Å². The molecule has 0 radical (unpaired) electrons. The highest BCUT2D eigenvalue weighted by Crippen LogP contribution is 2.37. The molecule has 0 heterocycles. The minimum Gasteiger partial charge on any atom is -0.468 e. The fourth-order valence-electron chi connectivity index (χ4n) is 1.21. The summed E-state index contributed by atoms with van der Waals surface area (Å²) < 4.78 is 4.59. The summed E-state index contributed by atoms with van der Waals surface area (Å²) in [6, 6.07) is 0. The van der Waals surface area contributed by atoms with Crippen LogP contribution >= 0.6 is 21.6 Å². The number of carbonyl (C=O) groups is 2. The monoisotopic (exact) mass is 279 g/mol. The van der Waals surface area contributed by atoms with Crippen LogP contribution in [-0.4, -0.2) is 48.5 Å². The lowest BCUT2D eigenvalue weighted by Gasteiger charge is -2.23. The molecule has 100 valence electrons. The highest BCUT2D eigenvalue weighted by molar-refractivity contribution is 8.76. The van der Waals surface area contributed by atoms with E-state index in [2.05, 4.69) is 18.6 Å². The van der Waals surface area contributed by atoms with E-state index >= 15 is 0 Å². The zero-order valence-corrected chi connectivity index (χ0v) is 12.7. The van der Waals surface area contributed by atoms with Crippen molar-refractivity contribution in [1.29, 1.82) is 0 Å². The molecule has 0 aromatic heterocycles. The Morgan fingerprint density at radius 3 is 2.41 bits per heavy atom. The second-order valence-electron chi connectivity index (χ2n) is 4.34. The average Bonchev–Trinajstić information content (AvgIpc) is 2.25. The number of hydrogen-bond acceptors (Lipinski definition) is 5. The number of ether oxygens (including phenoxy) is 1. The number of methoxy groups -OCH3 is 1. The van der Waals surface area contributed by atoms with E-state index < -0.39 is 5.97 Å². The van der Waals surface area contributed by atoms with E-state index in [1.807, 2.05) is 6.26 Å². The van der Waals surface area contributed by atoms with E-state index in [4.69, 9.17) is 0 Å². The minimum absolute atomic E-state index is 0.0193. The Hall–Kier alpha value is -0.360. The third-order valence-corrected chi connectivity index (χ3v) is 4.95. The largest absolute Gasteiger partial charge is 0.468 e. The lowest BCUT2D eigenvalue weighted by Crippen LogP contribution is -2.33. The Bertz CT molecular complexity index is 269. The summed E-state index contributed by atoms with van der Waals surface area (Å²) in [5.41, 5.74) is 0. The molecule has 0 aromatic rings. The predicted molar refractivity (Wildman–Crippen MR) is 74.1 cm³/mol. The summed E-state index contributed by atoms with van der Waals surface area (Å²) in [6.45, 7) is 4.24. The minimum atomic E-state index is -0.390. The normalized spacial score (nSPS) is 11.1. The highest BCUT2D eigenvalue weighted by Gasteiger charge is 2.21. The number of likely N-dealkylation sites (N-methyl/N-ethyl adjacent to an activating group) is 1. The molecule has 0 bridgehead atoms. The fourth-order valence-corrected chi connectivity index (χ4v) is 3.45. The first kappa shape index (κ1) is 16.6. The SMILES string of the molecule is COC(=O)CN(C)C(=O)CCC(C)(C)SSC. The maximum Gasteiger partial charge on any atom is 0.325 e. The standard InChI is InChI=1S/C11H21NO3S2/c1-11(2,17-16-5)7-6-9(13)12(3)8-10(14)15-4/h6-8H2,1-5H3. The van der Waals surface area contributed by atoms with Crippen LogP contribution in [0, 0.1) is 0 Å². The fraction of sp³-hybridized carbons (Fsp3) is 0.818. The van der Waals surface area contributed by atoms with Crippen molar-refractivity contribution in [2.45, 2.75) is 31.4 Å². The Labute approximate surface area is 111 Å². The predicted octanol–water partition coefficient (Wildman–Crippen LogP) is 2.19. The maximum atomic E-state index is 11.7.